The van der Waals surface area contributed by atoms with E-state index in [0.29, 0.717) is 37.5 Å². The number of carbonyl (C=O) groups excluding carboxylic acids is 1. The van der Waals surface area contributed by atoms with E-state index in [1.807, 2.05) is 18.2 Å². The minimum atomic E-state index is -3.59. The molecule has 0 atom stereocenters. The average Bonchev–Trinajstić information content (AvgIpc) is 3.14. The molecule has 0 saturated carbocycles. The Balaban J connectivity index is 1.66. The lowest BCUT2D eigenvalue weighted by Gasteiger charge is -2.34. The summed E-state index contributed by atoms with van der Waals surface area (Å²) in [6, 6.07) is 7.15. The zero-order valence-corrected chi connectivity index (χ0v) is 17.8. The highest BCUT2D eigenvalue weighted by molar-refractivity contribution is 7.86. The Morgan fingerprint density at radius 3 is 2.66 bits per heavy atom. The fourth-order valence-electron chi connectivity index (χ4n) is 3.40. The van der Waals surface area contributed by atoms with Gasteiger partial charge in [-0.15, -0.1) is 0 Å². The average molecular weight is 425 g/mol. The Kier molecular flexibility index (Phi) is 6.78. The molecule has 1 fully saturated rings. The van der Waals surface area contributed by atoms with Crippen molar-refractivity contribution in [1.82, 2.24) is 18.9 Å². The van der Waals surface area contributed by atoms with Crippen molar-refractivity contribution in [2.45, 2.75) is 18.9 Å². The fraction of sp³-hybridized carbons (Fsp3) is 0.526. The highest BCUT2D eigenvalue weighted by Crippen LogP contribution is 2.21. The summed E-state index contributed by atoms with van der Waals surface area (Å²) in [6.07, 6.45) is 1.29. The van der Waals surface area contributed by atoms with Crippen molar-refractivity contribution in [3.63, 3.8) is 0 Å². The summed E-state index contributed by atoms with van der Waals surface area (Å²) in [6.45, 7) is 1.48. The van der Waals surface area contributed by atoms with E-state index in [9.17, 15) is 13.2 Å². The highest BCUT2D eigenvalue weighted by atomic mass is 32.2. The van der Waals surface area contributed by atoms with Crippen LogP contribution in [0.2, 0.25) is 0 Å². The number of ether oxygens (including phenoxy) is 2. The minimum absolute atomic E-state index is 0.131. The van der Waals surface area contributed by atoms with E-state index in [4.69, 9.17) is 9.47 Å². The Labute approximate surface area is 171 Å². The number of nitrogens with one attached hydrogen (secondary N) is 2. The quantitative estimate of drug-likeness (QED) is 0.663. The molecule has 0 bridgehead atoms. The van der Waals surface area contributed by atoms with Gasteiger partial charge >= 0.3 is 0 Å². The first kappa shape index (κ1) is 21.6. The number of nitrogens with zero attached hydrogens (tertiary/aromatic N) is 2. The first-order valence-electron chi connectivity index (χ1n) is 9.55. The lowest BCUT2D eigenvalue weighted by atomic mass is 10.1. The van der Waals surface area contributed by atoms with Crippen LogP contribution in [0.25, 0.3) is 10.9 Å². The molecule has 0 spiro atoms. The van der Waals surface area contributed by atoms with Gasteiger partial charge in [0.15, 0.2) is 0 Å². The summed E-state index contributed by atoms with van der Waals surface area (Å²) >= 11 is 0. The Morgan fingerprint density at radius 1 is 1.28 bits per heavy atom. The van der Waals surface area contributed by atoms with Crippen molar-refractivity contribution >= 4 is 27.0 Å². The van der Waals surface area contributed by atoms with Crippen molar-refractivity contribution in [2.24, 2.45) is 0 Å². The summed E-state index contributed by atoms with van der Waals surface area (Å²) in [5.74, 6) is 0.418. The van der Waals surface area contributed by atoms with Gasteiger partial charge in [0.2, 0.25) is 0 Å². The van der Waals surface area contributed by atoms with E-state index >= 15 is 0 Å². The summed E-state index contributed by atoms with van der Waals surface area (Å²) in [5, 5.41) is 3.71. The molecule has 0 aliphatic carbocycles. The number of aromatic nitrogens is 1. The Bertz CT molecular complexity index is 951. The van der Waals surface area contributed by atoms with Gasteiger partial charge in [-0.1, -0.05) is 0 Å². The largest absolute Gasteiger partial charge is 0.497 e. The van der Waals surface area contributed by atoms with Crippen LogP contribution in [0.3, 0.4) is 0 Å². The smallest absolute Gasteiger partial charge is 0.281 e. The third-order valence-corrected chi connectivity index (χ3v) is 7.04. The normalized spacial score (nSPS) is 15.9. The molecule has 1 aliphatic rings. The van der Waals surface area contributed by atoms with Crippen LogP contribution in [-0.2, 0) is 14.9 Å². The third-order valence-electron chi connectivity index (χ3n) is 5.05. The molecule has 2 N–H and O–H groups in total. The van der Waals surface area contributed by atoms with Gasteiger partial charge in [0, 0.05) is 63.4 Å². The molecule has 2 heterocycles. The van der Waals surface area contributed by atoms with Gasteiger partial charge in [0.1, 0.15) is 11.4 Å². The van der Waals surface area contributed by atoms with E-state index in [1.54, 1.807) is 13.2 Å². The second kappa shape index (κ2) is 9.12. The van der Waals surface area contributed by atoms with Gasteiger partial charge < -0.3 is 19.8 Å². The van der Waals surface area contributed by atoms with Crippen molar-refractivity contribution in [3.05, 3.63) is 30.0 Å². The maximum atomic E-state index is 12.7. The molecule has 1 amide bonds. The highest BCUT2D eigenvalue weighted by Gasteiger charge is 2.32. The first-order chi connectivity index (χ1) is 13.8. The lowest BCUT2D eigenvalue weighted by Crippen LogP contribution is -2.50. The zero-order valence-electron chi connectivity index (χ0n) is 17.0. The fourth-order valence-corrected chi connectivity index (χ4v) is 4.73. The molecule has 1 saturated heterocycles. The standard InChI is InChI=1S/C19H28N4O5S/c1-22(2)29(25,26)23(15-6-10-28-11-7-15)9-8-20-19(24)18-12-14-4-5-16(27-3)13-17(14)21-18/h4-5,12-13,15,21H,6-11H2,1-3H3,(H,20,24). The summed E-state index contributed by atoms with van der Waals surface area (Å²) in [4.78, 5) is 15.6. The number of fused-ring (bicyclic) bond motifs is 1. The number of carbonyl (C=O) groups is 1. The van der Waals surface area contributed by atoms with Gasteiger partial charge in [-0.25, -0.2) is 0 Å². The van der Waals surface area contributed by atoms with Gasteiger partial charge in [0.05, 0.1) is 7.11 Å². The number of H-pyrrole nitrogens is 1. The van der Waals surface area contributed by atoms with Crippen molar-refractivity contribution in [1.29, 1.82) is 0 Å². The van der Waals surface area contributed by atoms with Crippen molar-refractivity contribution in [3.8, 4) is 5.75 Å². The summed E-state index contributed by atoms with van der Waals surface area (Å²) in [5.41, 5.74) is 1.22. The van der Waals surface area contributed by atoms with Crippen LogP contribution < -0.4 is 10.1 Å². The molecule has 0 radical (unpaired) electrons. The predicted octanol–water partition coefficient (Wildman–Crippen LogP) is 1.19. The third kappa shape index (κ3) is 4.89. The maximum absolute atomic E-state index is 12.7. The van der Waals surface area contributed by atoms with Crippen LogP contribution in [0.1, 0.15) is 23.3 Å². The number of amides is 1. The van der Waals surface area contributed by atoms with Crippen LogP contribution in [0.15, 0.2) is 24.3 Å². The van der Waals surface area contributed by atoms with E-state index < -0.39 is 10.2 Å². The van der Waals surface area contributed by atoms with Gasteiger partial charge in [-0.3, -0.25) is 4.79 Å². The maximum Gasteiger partial charge on any atom is 0.281 e. The molecule has 1 aromatic heterocycles. The van der Waals surface area contributed by atoms with E-state index in [-0.39, 0.29) is 25.0 Å². The molecule has 160 valence electrons. The SMILES string of the molecule is COc1ccc2cc(C(=O)NCCN(C3CCOCC3)S(=O)(=O)N(C)C)[nH]c2c1. The predicted molar refractivity (Wildman–Crippen MR) is 110 cm³/mol. The molecule has 29 heavy (non-hydrogen) atoms. The molecule has 9 nitrogen and oxygen atoms in total. The Hall–Kier alpha value is -2.14. The number of hydrogen-bond acceptors (Lipinski definition) is 5. The molecule has 1 aliphatic heterocycles. The van der Waals surface area contributed by atoms with Crippen LogP contribution in [0.5, 0.6) is 5.75 Å². The van der Waals surface area contributed by atoms with Crippen molar-refractivity contribution < 1.29 is 22.7 Å². The number of aromatic amines is 1. The lowest BCUT2D eigenvalue weighted by molar-refractivity contribution is 0.0571. The van der Waals surface area contributed by atoms with Crippen LogP contribution in [-0.4, -0.2) is 81.5 Å². The van der Waals surface area contributed by atoms with Crippen molar-refractivity contribution in [2.75, 3.05) is 47.5 Å². The number of hydrogen-bond donors (Lipinski definition) is 2. The van der Waals surface area contributed by atoms with Gasteiger partial charge in [-0.05, 0) is 31.0 Å². The van der Waals surface area contributed by atoms with Crippen LogP contribution >= 0.6 is 0 Å². The van der Waals surface area contributed by atoms with E-state index in [2.05, 4.69) is 10.3 Å². The summed E-state index contributed by atoms with van der Waals surface area (Å²) < 4.78 is 38.7. The first-order valence-corrected chi connectivity index (χ1v) is 10.9. The molecule has 0 unspecified atom stereocenters. The second-order valence-electron chi connectivity index (χ2n) is 7.14. The number of benzene rings is 1. The monoisotopic (exact) mass is 424 g/mol. The molecule has 10 heteroatoms. The second-order valence-corrected chi connectivity index (χ2v) is 9.23. The van der Waals surface area contributed by atoms with Gasteiger partial charge in [-0.2, -0.15) is 17.0 Å². The van der Waals surface area contributed by atoms with Crippen LogP contribution in [0, 0.1) is 0 Å². The number of methoxy groups -OCH3 is 1. The molecular weight excluding hydrogens is 396 g/mol. The van der Waals surface area contributed by atoms with Crippen LogP contribution in [0.4, 0.5) is 0 Å². The zero-order chi connectivity index (χ0) is 21.0. The van der Waals surface area contributed by atoms with E-state index in [1.165, 1.54) is 22.7 Å². The molecular formula is C19H28N4O5S. The topological polar surface area (TPSA) is 104 Å². The molecule has 3 rings (SSSR count). The van der Waals surface area contributed by atoms with E-state index in [0.717, 1.165) is 10.9 Å². The minimum Gasteiger partial charge on any atom is -0.497 e. The summed E-state index contributed by atoms with van der Waals surface area (Å²) in [7, 11) is 1.02. The molecule has 1 aromatic carbocycles. The van der Waals surface area contributed by atoms with Gasteiger partial charge in [0.25, 0.3) is 16.1 Å². The number of rotatable bonds is 8. The molecule has 2 aromatic rings. The Morgan fingerprint density at radius 2 is 2.00 bits per heavy atom.